The molecule has 3 aromatic rings. The van der Waals surface area contributed by atoms with E-state index in [9.17, 15) is 66.6 Å². The first kappa shape index (κ1) is 34.5. The van der Waals surface area contributed by atoms with Crippen molar-refractivity contribution >= 4 is 5.69 Å². The van der Waals surface area contributed by atoms with Crippen LogP contribution in [0.5, 0.6) is 11.5 Å². The van der Waals surface area contributed by atoms with Crippen molar-refractivity contribution in [1.29, 1.82) is 0 Å². The van der Waals surface area contributed by atoms with Crippen molar-refractivity contribution in [3.05, 3.63) is 89.2 Å². The highest BCUT2D eigenvalue weighted by molar-refractivity contribution is 5.50. The fourth-order valence-electron chi connectivity index (χ4n) is 3.49. The molecule has 0 spiro atoms. The van der Waals surface area contributed by atoms with Crippen LogP contribution in [0.4, 0.5) is 67.2 Å². The number of aliphatic hydroxyl groups excluding tert-OH is 1. The van der Waals surface area contributed by atoms with Gasteiger partial charge in [-0.2, -0.15) is 57.1 Å². The number of ether oxygens (including phenoxy) is 1. The number of rotatable bonds is 10. The van der Waals surface area contributed by atoms with E-state index in [1.165, 1.54) is 0 Å². The Morgan fingerprint density at radius 1 is 0.727 bits per heavy atom. The lowest BCUT2D eigenvalue weighted by molar-refractivity contribution is -0.359. The Morgan fingerprint density at radius 3 is 1.91 bits per heavy atom. The van der Waals surface area contributed by atoms with Gasteiger partial charge in [-0.1, -0.05) is 30.3 Å². The lowest BCUT2D eigenvalue weighted by atomic mass is 10.0. The van der Waals surface area contributed by atoms with Crippen LogP contribution in [-0.4, -0.2) is 36.0 Å². The summed E-state index contributed by atoms with van der Waals surface area (Å²) >= 11 is 0. The molecule has 1 atom stereocenters. The largest absolute Gasteiger partial charge is 0.489 e. The molecular weight excluding hydrogens is 640 g/mol. The molecule has 0 aromatic heterocycles. The SMILES string of the molecule is OC(CN(Oc1cccc(C(F)(F)C(F)(F)C(F)(F)F)c1)c1cccc(OCc2cccc(C(F)(F)F)c2F)c1)C(F)(F)F. The van der Waals surface area contributed by atoms with Crippen LogP contribution in [0, 0.1) is 5.82 Å². The fraction of sp³-hybridized carbons (Fsp3) is 0.308. The Morgan fingerprint density at radius 2 is 1.32 bits per heavy atom. The maximum Gasteiger partial charge on any atom is 0.460 e. The van der Waals surface area contributed by atoms with Gasteiger partial charge in [-0.25, -0.2) is 9.45 Å². The van der Waals surface area contributed by atoms with Gasteiger partial charge in [0.05, 0.1) is 17.8 Å². The Hall–Kier alpha value is -3.96. The van der Waals surface area contributed by atoms with Crippen LogP contribution in [0.25, 0.3) is 0 Å². The number of hydroxylamine groups is 1. The van der Waals surface area contributed by atoms with Crippen molar-refractivity contribution in [2.75, 3.05) is 11.6 Å². The number of hydrogen-bond acceptors (Lipinski definition) is 4. The third kappa shape index (κ3) is 7.57. The van der Waals surface area contributed by atoms with E-state index in [1.807, 2.05) is 0 Å². The minimum atomic E-state index is -6.69. The lowest BCUT2D eigenvalue weighted by Gasteiger charge is -2.30. The molecule has 3 rings (SSSR count). The molecule has 0 aliphatic heterocycles. The van der Waals surface area contributed by atoms with Crippen LogP contribution >= 0.6 is 0 Å². The second kappa shape index (κ2) is 12.2. The molecule has 0 bridgehead atoms. The summed E-state index contributed by atoms with van der Waals surface area (Å²) in [5, 5.41) is 9.77. The number of alkyl halides is 13. The van der Waals surface area contributed by atoms with Crippen LogP contribution in [0.15, 0.2) is 66.7 Å². The van der Waals surface area contributed by atoms with E-state index in [1.54, 1.807) is 0 Å². The summed E-state index contributed by atoms with van der Waals surface area (Å²) in [5.41, 5.74) is -4.56. The van der Waals surface area contributed by atoms with Crippen molar-refractivity contribution in [2.24, 2.45) is 0 Å². The monoisotopic (exact) mass is 657 g/mol. The van der Waals surface area contributed by atoms with Gasteiger partial charge < -0.3 is 14.7 Å². The first-order valence-electron chi connectivity index (χ1n) is 11.8. The second-order valence-electron chi connectivity index (χ2n) is 8.95. The number of benzene rings is 3. The molecule has 0 aliphatic rings. The average molecular weight is 657 g/mol. The zero-order chi connectivity index (χ0) is 33.3. The van der Waals surface area contributed by atoms with E-state index in [2.05, 4.69) is 0 Å². The van der Waals surface area contributed by atoms with E-state index >= 15 is 0 Å². The summed E-state index contributed by atoms with van der Waals surface area (Å²) < 4.78 is 191. The first-order valence-corrected chi connectivity index (χ1v) is 11.8. The molecule has 242 valence electrons. The quantitative estimate of drug-likeness (QED) is 0.176. The van der Waals surface area contributed by atoms with Crippen molar-refractivity contribution in [3.63, 3.8) is 0 Å². The third-order valence-corrected chi connectivity index (χ3v) is 5.76. The summed E-state index contributed by atoms with van der Waals surface area (Å²) in [6.45, 7) is -2.34. The number of nitrogens with zero attached hydrogens (tertiary/aromatic N) is 1. The topological polar surface area (TPSA) is 41.9 Å². The van der Waals surface area contributed by atoms with Crippen LogP contribution < -0.4 is 14.6 Å². The van der Waals surface area contributed by atoms with Gasteiger partial charge in [0, 0.05) is 17.2 Å². The normalized spacial score (nSPS) is 13.9. The first-order chi connectivity index (χ1) is 20.1. The van der Waals surface area contributed by atoms with E-state index in [0.29, 0.717) is 12.1 Å². The van der Waals surface area contributed by atoms with Crippen molar-refractivity contribution < 1.29 is 76.1 Å². The van der Waals surface area contributed by atoms with Crippen LogP contribution in [-0.2, 0) is 18.7 Å². The van der Waals surface area contributed by atoms with Crippen LogP contribution in [0.2, 0.25) is 0 Å². The number of anilines is 1. The standard InChI is InChI=1S/C26H17F14NO3/c27-21-14(4-1-9-19(21)23(30,31)32)13-43-17-7-3-6-16(11-17)41(12-20(42)24(33,34)35)44-18-8-2-5-15(10-18)22(28,29)25(36,37)26(38,39)40/h1-11,20,42H,12-13H2. The summed E-state index contributed by atoms with van der Waals surface area (Å²) in [5.74, 6) is -15.4. The smallest absolute Gasteiger partial charge is 0.460 e. The maximum atomic E-state index is 14.3. The molecule has 0 saturated carbocycles. The number of hydrogen-bond donors (Lipinski definition) is 1. The molecule has 0 radical (unpaired) electrons. The Balaban J connectivity index is 1.93. The van der Waals surface area contributed by atoms with Crippen molar-refractivity contribution in [3.8, 4) is 11.5 Å². The molecule has 18 heteroatoms. The Kier molecular flexibility index (Phi) is 9.58. The minimum absolute atomic E-state index is 0.00336. The molecular formula is C26H17F14NO3. The van der Waals surface area contributed by atoms with Crippen molar-refractivity contribution in [2.45, 2.75) is 43.1 Å². The van der Waals surface area contributed by atoms with Gasteiger partial charge in [0.1, 0.15) is 18.2 Å². The van der Waals surface area contributed by atoms with Gasteiger partial charge in [0.25, 0.3) is 0 Å². The fourth-order valence-corrected chi connectivity index (χ4v) is 3.49. The predicted octanol–water partition coefficient (Wildman–Crippen LogP) is 8.44. The van der Waals surface area contributed by atoms with Gasteiger partial charge in [-0.05, 0) is 30.3 Å². The molecule has 4 nitrogen and oxygen atoms in total. The molecule has 0 amide bonds. The molecule has 1 unspecified atom stereocenters. The Bertz CT molecular complexity index is 1440. The van der Waals surface area contributed by atoms with Gasteiger partial charge in [-0.15, -0.1) is 0 Å². The highest BCUT2D eigenvalue weighted by Crippen LogP contribution is 2.52. The van der Waals surface area contributed by atoms with Gasteiger partial charge in [0.2, 0.25) is 0 Å². The zero-order valence-electron chi connectivity index (χ0n) is 21.3. The lowest BCUT2D eigenvalue weighted by Crippen LogP contribution is -2.50. The molecule has 0 fully saturated rings. The number of halogens is 14. The highest BCUT2D eigenvalue weighted by Gasteiger charge is 2.73. The van der Waals surface area contributed by atoms with E-state index in [0.717, 1.165) is 42.5 Å². The molecule has 3 aromatic carbocycles. The van der Waals surface area contributed by atoms with Gasteiger partial charge >= 0.3 is 30.4 Å². The molecule has 44 heavy (non-hydrogen) atoms. The minimum Gasteiger partial charge on any atom is -0.489 e. The summed E-state index contributed by atoms with van der Waals surface area (Å²) in [4.78, 5) is 5.06. The maximum absolute atomic E-state index is 14.3. The second-order valence-corrected chi connectivity index (χ2v) is 8.95. The summed E-state index contributed by atoms with van der Waals surface area (Å²) in [7, 11) is 0. The average Bonchev–Trinajstić information content (AvgIpc) is 2.90. The van der Waals surface area contributed by atoms with E-state index in [4.69, 9.17) is 9.57 Å². The van der Waals surface area contributed by atoms with Gasteiger partial charge in [0.15, 0.2) is 11.9 Å². The van der Waals surface area contributed by atoms with Crippen LogP contribution in [0.1, 0.15) is 16.7 Å². The summed E-state index contributed by atoms with van der Waals surface area (Å²) in [6.07, 6.45) is -20.2. The van der Waals surface area contributed by atoms with E-state index < -0.39 is 83.6 Å². The molecule has 0 aliphatic carbocycles. The third-order valence-electron chi connectivity index (χ3n) is 5.76. The van der Waals surface area contributed by atoms with E-state index in [-0.39, 0.29) is 22.9 Å². The summed E-state index contributed by atoms with van der Waals surface area (Å²) in [6, 6.07) is 7.82. The predicted molar refractivity (Wildman–Crippen MR) is 124 cm³/mol. The van der Waals surface area contributed by atoms with Crippen molar-refractivity contribution in [1.82, 2.24) is 0 Å². The number of aliphatic hydroxyl groups is 1. The van der Waals surface area contributed by atoms with Gasteiger partial charge in [-0.3, -0.25) is 0 Å². The Labute approximate surface area is 238 Å². The molecule has 0 heterocycles. The molecule has 1 N–H and O–H groups in total. The molecule has 0 saturated heterocycles. The van der Waals surface area contributed by atoms with Crippen LogP contribution in [0.3, 0.4) is 0 Å². The highest BCUT2D eigenvalue weighted by atomic mass is 19.4. The zero-order valence-corrected chi connectivity index (χ0v) is 21.3.